The van der Waals surface area contributed by atoms with Gasteiger partial charge in [-0.15, -0.1) is 0 Å². The Morgan fingerprint density at radius 3 is 2.61 bits per heavy atom. The largest absolute Gasteiger partial charge is 0.457 e. The van der Waals surface area contributed by atoms with Crippen molar-refractivity contribution in [3.05, 3.63) is 71.8 Å². The number of fused-ring (bicyclic) bond motifs is 3. The van der Waals surface area contributed by atoms with Gasteiger partial charge in [-0.1, -0.05) is 36.4 Å². The molecule has 0 N–H and O–H groups in total. The molecule has 0 fully saturated rings. The monoisotopic (exact) mass is 231 g/mol. The lowest BCUT2D eigenvalue weighted by Gasteiger charge is -2.20. The van der Waals surface area contributed by atoms with Crippen molar-refractivity contribution in [1.29, 1.82) is 0 Å². The molecule has 18 heavy (non-hydrogen) atoms. The van der Waals surface area contributed by atoms with Gasteiger partial charge in [0.05, 0.1) is 0 Å². The molecule has 1 heteroatoms. The van der Waals surface area contributed by atoms with Gasteiger partial charge < -0.3 is 4.74 Å². The maximum atomic E-state index is 5.95. The summed E-state index contributed by atoms with van der Waals surface area (Å²) in [5, 5.41) is 2.49. The molecule has 0 atom stereocenters. The molecule has 0 bridgehead atoms. The van der Waals surface area contributed by atoms with Gasteiger partial charge in [0, 0.05) is 12.0 Å². The lowest BCUT2D eigenvalue weighted by molar-refractivity contribution is 0.460. The van der Waals surface area contributed by atoms with Crippen LogP contribution in [0, 0.1) is 6.07 Å². The zero-order chi connectivity index (χ0) is 11.9. The van der Waals surface area contributed by atoms with Crippen molar-refractivity contribution in [3.63, 3.8) is 0 Å². The highest BCUT2D eigenvalue weighted by Crippen LogP contribution is 2.38. The summed E-state index contributed by atoms with van der Waals surface area (Å²) in [6.45, 7) is 0. The van der Waals surface area contributed by atoms with Crippen molar-refractivity contribution in [3.8, 4) is 11.5 Å². The standard InChI is InChI=1S/C17H11O/c1-2-6-13-11-17-15(9-12(13)5-1)10-14-7-3-4-8-16(14)18-17/h1-6,8-9,11H,10H2. The summed E-state index contributed by atoms with van der Waals surface area (Å²) in [4.78, 5) is 0. The van der Waals surface area contributed by atoms with E-state index in [9.17, 15) is 0 Å². The third-order valence-corrected chi connectivity index (χ3v) is 3.41. The fraction of sp³-hybridized carbons (Fsp3) is 0.0588. The Hall–Kier alpha value is -2.28. The van der Waals surface area contributed by atoms with E-state index in [2.05, 4.69) is 42.5 Å². The van der Waals surface area contributed by atoms with Crippen LogP contribution in [0.4, 0.5) is 0 Å². The lowest BCUT2D eigenvalue weighted by Crippen LogP contribution is -2.02. The molecular weight excluding hydrogens is 220 g/mol. The van der Waals surface area contributed by atoms with Crippen molar-refractivity contribution in [2.24, 2.45) is 0 Å². The maximum Gasteiger partial charge on any atom is 0.131 e. The highest BCUT2D eigenvalue weighted by atomic mass is 16.5. The molecule has 85 valence electrons. The van der Waals surface area contributed by atoms with E-state index in [1.165, 1.54) is 16.3 Å². The minimum atomic E-state index is 0.899. The molecule has 3 aromatic carbocycles. The molecule has 0 unspecified atom stereocenters. The van der Waals surface area contributed by atoms with E-state index in [0.717, 1.165) is 23.5 Å². The average Bonchev–Trinajstić information content (AvgIpc) is 2.42. The maximum absolute atomic E-state index is 5.95. The smallest absolute Gasteiger partial charge is 0.131 e. The van der Waals surface area contributed by atoms with Gasteiger partial charge in [-0.3, -0.25) is 0 Å². The van der Waals surface area contributed by atoms with Crippen LogP contribution in [-0.2, 0) is 6.42 Å². The van der Waals surface area contributed by atoms with Gasteiger partial charge in [-0.05, 0) is 40.6 Å². The van der Waals surface area contributed by atoms with Gasteiger partial charge >= 0.3 is 0 Å². The van der Waals surface area contributed by atoms with Crippen molar-refractivity contribution >= 4 is 10.8 Å². The van der Waals surface area contributed by atoms with E-state index in [-0.39, 0.29) is 0 Å². The number of ether oxygens (including phenoxy) is 1. The molecule has 1 nitrogen and oxygen atoms in total. The van der Waals surface area contributed by atoms with Gasteiger partial charge in [-0.25, -0.2) is 0 Å². The quantitative estimate of drug-likeness (QED) is 0.437. The van der Waals surface area contributed by atoms with Crippen LogP contribution in [0.3, 0.4) is 0 Å². The molecule has 0 saturated heterocycles. The van der Waals surface area contributed by atoms with Gasteiger partial charge in [0.1, 0.15) is 11.5 Å². The molecule has 0 amide bonds. The molecule has 1 aliphatic heterocycles. The Bertz CT molecular complexity index is 680. The SMILES string of the molecule is [c]1cccc2c1Cc1cc3ccccc3cc1O2. The number of hydrogen-bond acceptors (Lipinski definition) is 1. The molecule has 0 saturated carbocycles. The topological polar surface area (TPSA) is 9.23 Å². The van der Waals surface area contributed by atoms with E-state index in [0.29, 0.717) is 0 Å². The molecule has 3 aromatic rings. The number of hydrogen-bond donors (Lipinski definition) is 0. The van der Waals surface area contributed by atoms with Gasteiger partial charge in [-0.2, -0.15) is 0 Å². The van der Waals surface area contributed by atoms with Crippen LogP contribution in [0.2, 0.25) is 0 Å². The Kier molecular flexibility index (Phi) is 1.95. The predicted octanol–water partition coefficient (Wildman–Crippen LogP) is 4.34. The predicted molar refractivity (Wildman–Crippen MR) is 72.1 cm³/mol. The van der Waals surface area contributed by atoms with Crippen LogP contribution >= 0.6 is 0 Å². The Morgan fingerprint density at radius 1 is 0.889 bits per heavy atom. The molecular formula is C17H11O. The van der Waals surface area contributed by atoms with Crippen LogP contribution in [0.5, 0.6) is 11.5 Å². The summed E-state index contributed by atoms with van der Waals surface area (Å²) >= 11 is 0. The zero-order valence-electron chi connectivity index (χ0n) is 9.81. The Morgan fingerprint density at radius 2 is 1.72 bits per heavy atom. The summed E-state index contributed by atoms with van der Waals surface area (Å²) in [7, 11) is 0. The summed E-state index contributed by atoms with van der Waals surface area (Å²) in [5.74, 6) is 1.90. The van der Waals surface area contributed by atoms with Crippen molar-refractivity contribution < 1.29 is 4.74 Å². The van der Waals surface area contributed by atoms with Crippen LogP contribution in [-0.4, -0.2) is 0 Å². The summed E-state index contributed by atoms with van der Waals surface area (Å²) < 4.78 is 5.95. The fourth-order valence-corrected chi connectivity index (χ4v) is 2.50. The zero-order valence-corrected chi connectivity index (χ0v) is 9.81. The first-order valence-electron chi connectivity index (χ1n) is 6.09. The van der Waals surface area contributed by atoms with Gasteiger partial charge in [0.25, 0.3) is 0 Å². The second-order valence-corrected chi connectivity index (χ2v) is 4.60. The molecule has 1 heterocycles. The molecule has 0 spiro atoms. The first-order valence-corrected chi connectivity index (χ1v) is 6.09. The molecule has 4 rings (SSSR count). The average molecular weight is 231 g/mol. The lowest BCUT2D eigenvalue weighted by atomic mass is 9.97. The van der Waals surface area contributed by atoms with E-state index < -0.39 is 0 Å². The molecule has 1 radical (unpaired) electrons. The summed E-state index contributed by atoms with van der Waals surface area (Å²) in [6.07, 6.45) is 0.899. The normalized spacial score (nSPS) is 12.7. The highest BCUT2D eigenvalue weighted by Gasteiger charge is 2.16. The molecule has 0 aliphatic carbocycles. The van der Waals surface area contributed by atoms with Crippen LogP contribution in [0.15, 0.2) is 54.6 Å². The fourth-order valence-electron chi connectivity index (χ4n) is 2.50. The minimum absolute atomic E-state index is 0.899. The second-order valence-electron chi connectivity index (χ2n) is 4.60. The van der Waals surface area contributed by atoms with E-state index in [1.54, 1.807) is 0 Å². The number of benzene rings is 3. The van der Waals surface area contributed by atoms with Gasteiger partial charge in [0.2, 0.25) is 0 Å². The van der Waals surface area contributed by atoms with Crippen molar-refractivity contribution in [2.75, 3.05) is 0 Å². The van der Waals surface area contributed by atoms with E-state index >= 15 is 0 Å². The molecule has 0 aromatic heterocycles. The first kappa shape index (κ1) is 9.72. The molecule has 1 aliphatic rings. The Labute approximate surface area is 106 Å². The van der Waals surface area contributed by atoms with Crippen LogP contribution in [0.25, 0.3) is 10.8 Å². The second kappa shape index (κ2) is 3.61. The minimum Gasteiger partial charge on any atom is -0.457 e. The Balaban J connectivity index is 1.92. The van der Waals surface area contributed by atoms with Gasteiger partial charge in [0.15, 0.2) is 0 Å². The van der Waals surface area contributed by atoms with E-state index in [4.69, 9.17) is 4.74 Å². The third kappa shape index (κ3) is 1.41. The summed E-state index contributed by atoms with van der Waals surface area (Å²) in [5.41, 5.74) is 2.38. The van der Waals surface area contributed by atoms with Crippen molar-refractivity contribution in [2.45, 2.75) is 6.42 Å². The first-order chi connectivity index (χ1) is 8.90. The number of rotatable bonds is 0. The van der Waals surface area contributed by atoms with Crippen LogP contribution in [0.1, 0.15) is 11.1 Å². The van der Waals surface area contributed by atoms with E-state index in [1.807, 2.05) is 18.2 Å². The van der Waals surface area contributed by atoms with Crippen molar-refractivity contribution in [1.82, 2.24) is 0 Å². The highest BCUT2D eigenvalue weighted by molar-refractivity contribution is 5.85. The summed E-state index contributed by atoms with van der Waals surface area (Å²) in [6, 6.07) is 21.9. The van der Waals surface area contributed by atoms with Crippen LogP contribution < -0.4 is 4.74 Å². The third-order valence-electron chi connectivity index (χ3n) is 3.41.